The van der Waals surface area contributed by atoms with Crippen molar-refractivity contribution in [2.45, 2.75) is 26.4 Å². The van der Waals surface area contributed by atoms with Crippen LogP contribution in [0, 0.1) is 5.92 Å². The summed E-state index contributed by atoms with van der Waals surface area (Å²) in [4.78, 5) is 14.8. The third-order valence-electron chi connectivity index (χ3n) is 3.74. The average molecular weight is 280 g/mol. The molecule has 1 amide bonds. The molecule has 1 unspecified atom stereocenters. The van der Waals surface area contributed by atoms with Gasteiger partial charge >= 0.3 is 0 Å². The van der Waals surface area contributed by atoms with Gasteiger partial charge in [-0.2, -0.15) is 0 Å². The lowest BCUT2D eigenvalue weighted by Crippen LogP contribution is -2.49. The Morgan fingerprint density at radius 1 is 1.05 bits per heavy atom. The number of nitrogens with one attached hydrogen (secondary N) is 1. The van der Waals surface area contributed by atoms with Crippen LogP contribution in [0.25, 0.3) is 0 Å². The predicted octanol–water partition coefficient (Wildman–Crippen LogP) is 4.13. The number of para-hydroxylation sites is 2. The molecule has 0 bridgehead atoms. The first-order valence-electron chi connectivity index (χ1n) is 7.41. The van der Waals surface area contributed by atoms with E-state index < -0.39 is 0 Å². The molecule has 108 valence electrons. The third kappa shape index (κ3) is 2.64. The molecule has 1 N–H and O–H groups in total. The zero-order chi connectivity index (χ0) is 14.8. The van der Waals surface area contributed by atoms with E-state index >= 15 is 0 Å². The van der Waals surface area contributed by atoms with Crippen molar-refractivity contribution < 1.29 is 4.79 Å². The van der Waals surface area contributed by atoms with Crippen LogP contribution in [-0.4, -0.2) is 12.1 Å². The Morgan fingerprint density at radius 2 is 1.71 bits per heavy atom. The van der Waals surface area contributed by atoms with Crippen LogP contribution in [0.2, 0.25) is 0 Å². The van der Waals surface area contributed by atoms with Crippen LogP contribution in [0.5, 0.6) is 0 Å². The molecule has 2 aromatic carbocycles. The fourth-order valence-electron chi connectivity index (χ4n) is 2.81. The molecule has 0 saturated heterocycles. The van der Waals surface area contributed by atoms with Crippen LogP contribution >= 0.6 is 0 Å². The molecular weight excluding hydrogens is 260 g/mol. The molecule has 1 aliphatic heterocycles. The van der Waals surface area contributed by atoms with Gasteiger partial charge in [-0.25, -0.2) is 0 Å². The summed E-state index contributed by atoms with van der Waals surface area (Å²) in [5.74, 6) is 0.577. The van der Waals surface area contributed by atoms with Crippen LogP contribution in [0.15, 0.2) is 54.6 Å². The summed E-state index contributed by atoms with van der Waals surface area (Å²) in [6, 6.07) is 17.6. The number of carbonyl (C=O) groups excluding carboxylic acids is 1. The zero-order valence-corrected chi connectivity index (χ0v) is 12.4. The van der Waals surface area contributed by atoms with Crippen LogP contribution in [0.1, 0.15) is 30.6 Å². The summed E-state index contributed by atoms with van der Waals surface area (Å²) in [7, 11) is 0. The highest BCUT2D eigenvalue weighted by Crippen LogP contribution is 2.31. The molecule has 1 heterocycles. The first kappa shape index (κ1) is 13.7. The van der Waals surface area contributed by atoms with Gasteiger partial charge < -0.3 is 5.32 Å². The summed E-state index contributed by atoms with van der Waals surface area (Å²) in [5.41, 5.74) is 2.61. The van der Waals surface area contributed by atoms with Crippen LogP contribution in [0.4, 0.5) is 11.4 Å². The maximum Gasteiger partial charge on any atom is 0.262 e. The minimum Gasteiger partial charge on any atom is -0.364 e. The Kier molecular flexibility index (Phi) is 3.65. The van der Waals surface area contributed by atoms with Crippen molar-refractivity contribution in [2.75, 3.05) is 10.2 Å². The number of fused-ring (bicyclic) bond motifs is 1. The number of hydrogen-bond acceptors (Lipinski definition) is 2. The molecule has 2 aromatic rings. The molecular formula is C18H20N2O. The Morgan fingerprint density at radius 3 is 2.43 bits per heavy atom. The van der Waals surface area contributed by atoms with Crippen molar-refractivity contribution in [3.63, 3.8) is 0 Å². The molecule has 0 fully saturated rings. The Labute approximate surface area is 125 Å². The number of amides is 1. The minimum atomic E-state index is -0.00481. The molecule has 21 heavy (non-hydrogen) atoms. The van der Waals surface area contributed by atoms with E-state index in [1.807, 2.05) is 59.5 Å². The van der Waals surface area contributed by atoms with Crippen molar-refractivity contribution in [2.24, 2.45) is 5.92 Å². The first-order chi connectivity index (χ1) is 10.2. The van der Waals surface area contributed by atoms with E-state index in [0.717, 1.165) is 23.4 Å². The van der Waals surface area contributed by atoms with E-state index in [-0.39, 0.29) is 12.1 Å². The summed E-state index contributed by atoms with van der Waals surface area (Å²) >= 11 is 0. The Balaban J connectivity index is 2.04. The van der Waals surface area contributed by atoms with Gasteiger partial charge in [-0.05, 0) is 36.6 Å². The molecule has 0 spiro atoms. The summed E-state index contributed by atoms with van der Waals surface area (Å²) in [6.07, 6.45) is 0.907. The maximum atomic E-state index is 12.9. The second-order valence-corrected chi connectivity index (χ2v) is 5.85. The Hall–Kier alpha value is -2.29. The fourth-order valence-corrected chi connectivity index (χ4v) is 2.81. The molecule has 1 aliphatic rings. The predicted molar refractivity (Wildman–Crippen MR) is 86.6 cm³/mol. The van der Waals surface area contributed by atoms with E-state index in [9.17, 15) is 4.79 Å². The quantitative estimate of drug-likeness (QED) is 0.916. The highest BCUT2D eigenvalue weighted by molar-refractivity contribution is 6.12. The minimum absolute atomic E-state index is 0.00481. The van der Waals surface area contributed by atoms with Gasteiger partial charge in [0.15, 0.2) is 0 Å². The number of carbonyl (C=O) groups is 1. The van der Waals surface area contributed by atoms with Crippen molar-refractivity contribution in [3.05, 3.63) is 60.2 Å². The van der Waals surface area contributed by atoms with Gasteiger partial charge in [0.2, 0.25) is 0 Å². The van der Waals surface area contributed by atoms with E-state index in [0.29, 0.717) is 5.92 Å². The van der Waals surface area contributed by atoms with Crippen molar-refractivity contribution >= 4 is 17.3 Å². The topological polar surface area (TPSA) is 32.3 Å². The van der Waals surface area contributed by atoms with Gasteiger partial charge in [0.25, 0.3) is 5.91 Å². The Bertz CT molecular complexity index is 637. The van der Waals surface area contributed by atoms with E-state index in [4.69, 9.17) is 0 Å². The van der Waals surface area contributed by atoms with Gasteiger partial charge in [-0.15, -0.1) is 0 Å². The smallest absolute Gasteiger partial charge is 0.262 e. The maximum absolute atomic E-state index is 12.9. The molecule has 3 heteroatoms. The standard InChI is InChI=1S/C18H20N2O/c1-13(2)12-17-19-16-11-7-6-10-15(16)18(21)20(17)14-8-4-3-5-9-14/h3-11,13,17,19H,12H2,1-2H3. The summed E-state index contributed by atoms with van der Waals surface area (Å²) < 4.78 is 0. The second kappa shape index (κ2) is 5.60. The SMILES string of the molecule is CC(C)CC1Nc2ccccc2C(=O)N1c1ccccc1. The third-order valence-corrected chi connectivity index (χ3v) is 3.74. The van der Waals surface area contributed by atoms with Crippen LogP contribution < -0.4 is 10.2 Å². The molecule has 3 nitrogen and oxygen atoms in total. The van der Waals surface area contributed by atoms with Crippen molar-refractivity contribution in [1.29, 1.82) is 0 Å². The lowest BCUT2D eigenvalue weighted by molar-refractivity contribution is 0.0972. The monoisotopic (exact) mass is 280 g/mol. The molecule has 0 aliphatic carbocycles. The summed E-state index contributed by atoms with van der Waals surface area (Å²) in [5, 5.41) is 3.51. The number of anilines is 2. The van der Waals surface area contributed by atoms with E-state index in [1.54, 1.807) is 0 Å². The normalized spacial score (nSPS) is 17.6. The van der Waals surface area contributed by atoms with Gasteiger partial charge in [0.05, 0.1) is 5.56 Å². The fraction of sp³-hybridized carbons (Fsp3) is 0.278. The van der Waals surface area contributed by atoms with Crippen molar-refractivity contribution in [1.82, 2.24) is 0 Å². The van der Waals surface area contributed by atoms with Crippen LogP contribution in [0.3, 0.4) is 0 Å². The molecule has 0 saturated carbocycles. The number of benzene rings is 2. The second-order valence-electron chi connectivity index (χ2n) is 5.85. The van der Waals surface area contributed by atoms with E-state index in [2.05, 4.69) is 19.2 Å². The van der Waals surface area contributed by atoms with Crippen molar-refractivity contribution in [3.8, 4) is 0 Å². The lowest BCUT2D eigenvalue weighted by Gasteiger charge is -2.38. The molecule has 3 rings (SSSR count). The highest BCUT2D eigenvalue weighted by Gasteiger charge is 2.32. The van der Waals surface area contributed by atoms with Gasteiger partial charge in [0, 0.05) is 11.4 Å². The first-order valence-corrected chi connectivity index (χ1v) is 7.41. The zero-order valence-electron chi connectivity index (χ0n) is 12.4. The van der Waals surface area contributed by atoms with Crippen LogP contribution in [-0.2, 0) is 0 Å². The average Bonchev–Trinajstić information content (AvgIpc) is 2.48. The number of hydrogen-bond donors (Lipinski definition) is 1. The number of nitrogens with zero attached hydrogens (tertiary/aromatic N) is 1. The molecule has 1 atom stereocenters. The molecule has 0 aromatic heterocycles. The largest absolute Gasteiger partial charge is 0.364 e. The van der Waals surface area contributed by atoms with E-state index in [1.165, 1.54) is 0 Å². The van der Waals surface area contributed by atoms with Gasteiger partial charge in [-0.1, -0.05) is 44.2 Å². The lowest BCUT2D eigenvalue weighted by atomic mass is 10.0. The highest BCUT2D eigenvalue weighted by atomic mass is 16.2. The number of rotatable bonds is 3. The molecule has 0 radical (unpaired) electrons. The van der Waals surface area contributed by atoms with Gasteiger partial charge in [0.1, 0.15) is 6.17 Å². The van der Waals surface area contributed by atoms with Gasteiger partial charge in [-0.3, -0.25) is 9.69 Å². The summed E-state index contributed by atoms with van der Waals surface area (Å²) in [6.45, 7) is 4.35.